The fourth-order valence-corrected chi connectivity index (χ4v) is 2.34. The number of amides is 1. The maximum absolute atomic E-state index is 11.6. The molecule has 104 valence electrons. The zero-order chi connectivity index (χ0) is 13.8. The van der Waals surface area contributed by atoms with Crippen LogP contribution in [-0.2, 0) is 4.74 Å². The highest BCUT2D eigenvalue weighted by atomic mass is 16.5. The Morgan fingerprint density at radius 3 is 3.00 bits per heavy atom. The van der Waals surface area contributed by atoms with Crippen molar-refractivity contribution in [1.82, 2.24) is 5.32 Å². The summed E-state index contributed by atoms with van der Waals surface area (Å²) < 4.78 is 5.63. The van der Waals surface area contributed by atoms with E-state index in [-0.39, 0.29) is 12.0 Å². The number of hydrogen-bond donors (Lipinski definition) is 2. The topological polar surface area (TPSA) is 67.6 Å². The van der Waals surface area contributed by atoms with Crippen LogP contribution in [0, 0.1) is 0 Å². The van der Waals surface area contributed by atoms with Crippen LogP contribution in [-0.4, -0.2) is 38.8 Å². The second-order valence-electron chi connectivity index (χ2n) is 4.83. The van der Waals surface area contributed by atoms with Crippen LogP contribution in [0.15, 0.2) is 18.2 Å². The molecule has 0 radical (unpaired) electrons. The van der Waals surface area contributed by atoms with Crippen molar-refractivity contribution >= 4 is 17.3 Å². The molecule has 0 aliphatic carbocycles. The molecule has 0 bridgehead atoms. The number of nitrogens with zero attached hydrogens (tertiary/aromatic N) is 1. The van der Waals surface area contributed by atoms with Crippen LogP contribution in [0.2, 0.25) is 0 Å². The largest absolute Gasteiger partial charge is 0.397 e. The highest BCUT2D eigenvalue weighted by Crippen LogP contribution is 2.26. The first-order valence-corrected chi connectivity index (χ1v) is 6.60. The standard InChI is InChI=1S/C14H21N3O2/c1-10-9-17(6-3-7-19-10)13-5-4-11(8-12(13)15)14(18)16-2/h4-5,8,10H,3,6-7,9,15H2,1-2H3,(H,16,18). The molecule has 5 nitrogen and oxygen atoms in total. The van der Waals surface area contributed by atoms with Gasteiger partial charge in [0.2, 0.25) is 0 Å². The minimum atomic E-state index is -0.120. The highest BCUT2D eigenvalue weighted by Gasteiger charge is 2.18. The maximum atomic E-state index is 11.6. The molecule has 1 aliphatic rings. The third-order valence-corrected chi connectivity index (χ3v) is 3.31. The molecule has 1 atom stereocenters. The quantitative estimate of drug-likeness (QED) is 0.788. The number of nitrogens with one attached hydrogen (secondary N) is 1. The van der Waals surface area contributed by atoms with Gasteiger partial charge in [-0.2, -0.15) is 0 Å². The van der Waals surface area contributed by atoms with Crippen LogP contribution >= 0.6 is 0 Å². The number of anilines is 2. The van der Waals surface area contributed by atoms with E-state index in [2.05, 4.69) is 17.1 Å². The smallest absolute Gasteiger partial charge is 0.251 e. The van der Waals surface area contributed by atoms with Crippen LogP contribution in [0.25, 0.3) is 0 Å². The van der Waals surface area contributed by atoms with E-state index in [1.54, 1.807) is 19.2 Å². The van der Waals surface area contributed by atoms with E-state index < -0.39 is 0 Å². The number of carbonyl (C=O) groups excluding carboxylic acids is 1. The van der Waals surface area contributed by atoms with E-state index in [0.717, 1.165) is 31.8 Å². The fraction of sp³-hybridized carbons (Fsp3) is 0.500. The molecule has 1 amide bonds. The van der Waals surface area contributed by atoms with Gasteiger partial charge in [-0.25, -0.2) is 0 Å². The number of nitrogens with two attached hydrogens (primary N) is 1. The fourth-order valence-electron chi connectivity index (χ4n) is 2.34. The first-order valence-electron chi connectivity index (χ1n) is 6.60. The van der Waals surface area contributed by atoms with Crippen LogP contribution in [0.4, 0.5) is 11.4 Å². The lowest BCUT2D eigenvalue weighted by Crippen LogP contribution is -2.30. The van der Waals surface area contributed by atoms with Gasteiger partial charge < -0.3 is 20.7 Å². The molecule has 3 N–H and O–H groups in total. The first kappa shape index (κ1) is 13.7. The predicted octanol–water partition coefficient (Wildman–Crippen LogP) is 1.24. The van der Waals surface area contributed by atoms with Gasteiger partial charge in [-0.05, 0) is 31.5 Å². The maximum Gasteiger partial charge on any atom is 0.251 e. The third-order valence-electron chi connectivity index (χ3n) is 3.31. The van der Waals surface area contributed by atoms with Crippen LogP contribution < -0.4 is 16.0 Å². The van der Waals surface area contributed by atoms with Crippen LogP contribution in [0.3, 0.4) is 0 Å². The number of hydrogen-bond acceptors (Lipinski definition) is 4. The summed E-state index contributed by atoms with van der Waals surface area (Å²) in [7, 11) is 1.61. The van der Waals surface area contributed by atoms with Crippen molar-refractivity contribution in [2.24, 2.45) is 0 Å². The Labute approximate surface area is 113 Å². The van der Waals surface area contributed by atoms with E-state index >= 15 is 0 Å². The molecule has 0 saturated carbocycles. The number of rotatable bonds is 2. The van der Waals surface area contributed by atoms with Gasteiger partial charge in [-0.15, -0.1) is 0 Å². The molecule has 5 heteroatoms. The monoisotopic (exact) mass is 263 g/mol. The lowest BCUT2D eigenvalue weighted by atomic mass is 10.1. The van der Waals surface area contributed by atoms with Crippen molar-refractivity contribution < 1.29 is 9.53 Å². The first-order chi connectivity index (χ1) is 9.11. The van der Waals surface area contributed by atoms with Crippen LogP contribution in [0.1, 0.15) is 23.7 Å². The Kier molecular flexibility index (Phi) is 4.27. The Hall–Kier alpha value is -1.75. The second-order valence-corrected chi connectivity index (χ2v) is 4.83. The van der Waals surface area contributed by atoms with Gasteiger partial charge in [0.1, 0.15) is 0 Å². The van der Waals surface area contributed by atoms with Gasteiger partial charge in [0.25, 0.3) is 5.91 Å². The van der Waals surface area contributed by atoms with Crippen molar-refractivity contribution in [3.8, 4) is 0 Å². The van der Waals surface area contributed by atoms with E-state index in [0.29, 0.717) is 11.3 Å². The number of carbonyl (C=O) groups is 1. The molecule has 1 heterocycles. The van der Waals surface area contributed by atoms with Crippen LogP contribution in [0.5, 0.6) is 0 Å². The number of nitrogen functional groups attached to an aromatic ring is 1. The second kappa shape index (κ2) is 5.93. The molecule has 1 aromatic carbocycles. The minimum Gasteiger partial charge on any atom is -0.397 e. The van der Waals surface area contributed by atoms with Gasteiger partial charge >= 0.3 is 0 Å². The Bertz CT molecular complexity index is 462. The molecule has 0 spiro atoms. The molecular weight excluding hydrogens is 242 g/mol. The van der Waals surface area contributed by atoms with Gasteiger partial charge in [0.05, 0.1) is 17.5 Å². The zero-order valence-electron chi connectivity index (χ0n) is 11.5. The molecule has 1 aliphatic heterocycles. The van der Waals surface area contributed by atoms with Gasteiger partial charge in [-0.1, -0.05) is 0 Å². The van der Waals surface area contributed by atoms with E-state index in [1.165, 1.54) is 0 Å². The van der Waals surface area contributed by atoms with Crippen molar-refractivity contribution in [1.29, 1.82) is 0 Å². The summed E-state index contributed by atoms with van der Waals surface area (Å²) in [4.78, 5) is 13.8. The molecule has 19 heavy (non-hydrogen) atoms. The van der Waals surface area contributed by atoms with Crippen molar-refractivity contribution in [2.45, 2.75) is 19.4 Å². The Morgan fingerprint density at radius 2 is 2.32 bits per heavy atom. The van der Waals surface area contributed by atoms with E-state index in [1.807, 2.05) is 6.07 Å². The Balaban J connectivity index is 2.22. The summed E-state index contributed by atoms with van der Waals surface area (Å²) in [6.45, 7) is 4.60. The minimum absolute atomic E-state index is 0.120. The molecule has 1 saturated heterocycles. The van der Waals surface area contributed by atoms with Gasteiger partial charge in [-0.3, -0.25) is 4.79 Å². The normalized spacial score (nSPS) is 19.9. The van der Waals surface area contributed by atoms with Gasteiger partial charge in [0.15, 0.2) is 0 Å². The number of ether oxygens (including phenoxy) is 1. The summed E-state index contributed by atoms with van der Waals surface area (Å²) in [5, 5.41) is 2.60. The van der Waals surface area contributed by atoms with Gasteiger partial charge in [0, 0.05) is 32.3 Å². The highest BCUT2D eigenvalue weighted by molar-refractivity contribution is 5.96. The third kappa shape index (κ3) is 3.17. The molecule has 1 aromatic rings. The Morgan fingerprint density at radius 1 is 1.53 bits per heavy atom. The molecule has 1 fully saturated rings. The van der Waals surface area contributed by atoms with Crippen molar-refractivity contribution in [2.75, 3.05) is 37.4 Å². The van der Waals surface area contributed by atoms with Crippen molar-refractivity contribution in [3.05, 3.63) is 23.8 Å². The molecular formula is C14H21N3O2. The summed E-state index contributed by atoms with van der Waals surface area (Å²) in [6.07, 6.45) is 1.18. The summed E-state index contributed by atoms with van der Waals surface area (Å²) in [5.74, 6) is -0.120. The number of benzene rings is 1. The van der Waals surface area contributed by atoms with E-state index in [4.69, 9.17) is 10.5 Å². The molecule has 1 unspecified atom stereocenters. The van der Waals surface area contributed by atoms with Crippen molar-refractivity contribution in [3.63, 3.8) is 0 Å². The summed E-state index contributed by atoms with van der Waals surface area (Å²) >= 11 is 0. The summed E-state index contributed by atoms with van der Waals surface area (Å²) in [5.41, 5.74) is 8.28. The average molecular weight is 263 g/mol. The summed E-state index contributed by atoms with van der Waals surface area (Å²) in [6, 6.07) is 5.45. The lowest BCUT2D eigenvalue weighted by Gasteiger charge is -2.26. The SMILES string of the molecule is CNC(=O)c1ccc(N2CCCOC(C)C2)c(N)c1. The lowest BCUT2D eigenvalue weighted by molar-refractivity contribution is 0.0821. The molecule has 0 aromatic heterocycles. The average Bonchev–Trinajstić information content (AvgIpc) is 2.62. The molecule has 2 rings (SSSR count). The predicted molar refractivity (Wildman–Crippen MR) is 76.5 cm³/mol. The zero-order valence-corrected chi connectivity index (χ0v) is 11.5. The van der Waals surface area contributed by atoms with E-state index in [9.17, 15) is 4.79 Å².